The SMILES string of the molecule is CC#CC(=O)N1CCN(c2nc(OC[C@@H]3CCC[I-]3(C)CC)nc3c2CCN(c2cccc4ccccc24)C3)CC1CC#N. The molecule has 0 saturated carbocycles. The van der Waals surface area contributed by atoms with Crippen LogP contribution >= 0.6 is 0 Å². The van der Waals surface area contributed by atoms with Gasteiger partial charge < -0.3 is 0 Å². The predicted molar refractivity (Wildman–Crippen MR) is 172 cm³/mol. The molecule has 4 heterocycles. The normalized spacial score (nSPS) is 24.5. The Kier molecular flexibility index (Phi) is 9.13. The summed E-state index contributed by atoms with van der Waals surface area (Å²) in [5, 5.41) is 12.1. The Balaban J connectivity index is 1.33. The van der Waals surface area contributed by atoms with Crippen molar-refractivity contribution in [1.82, 2.24) is 14.9 Å². The van der Waals surface area contributed by atoms with Crippen molar-refractivity contribution in [3.63, 3.8) is 0 Å². The van der Waals surface area contributed by atoms with Gasteiger partial charge in [0.1, 0.15) is 0 Å². The van der Waals surface area contributed by atoms with E-state index in [1.54, 1.807) is 11.8 Å². The van der Waals surface area contributed by atoms with Gasteiger partial charge in [0.05, 0.1) is 0 Å². The third-order valence-corrected chi connectivity index (χ3v) is 21.5. The van der Waals surface area contributed by atoms with Crippen molar-refractivity contribution in [2.45, 2.75) is 56.0 Å². The number of nitriles is 1. The summed E-state index contributed by atoms with van der Waals surface area (Å²) in [4.78, 5) is 31.9. The summed E-state index contributed by atoms with van der Waals surface area (Å²) in [6.07, 6.45) is 3.63. The van der Waals surface area contributed by atoms with Gasteiger partial charge in [0.15, 0.2) is 0 Å². The molecular formula is C35H42IN6O2-. The van der Waals surface area contributed by atoms with Crippen LogP contribution in [-0.4, -0.2) is 77.3 Å². The summed E-state index contributed by atoms with van der Waals surface area (Å²) >= 11 is -1.80. The molecule has 3 aromatic rings. The summed E-state index contributed by atoms with van der Waals surface area (Å²) in [6.45, 7) is 7.91. The van der Waals surface area contributed by atoms with E-state index in [1.807, 2.05) is 0 Å². The quantitative estimate of drug-likeness (QED) is 0.210. The van der Waals surface area contributed by atoms with Crippen molar-refractivity contribution < 1.29 is 28.0 Å². The van der Waals surface area contributed by atoms with Crippen LogP contribution < -0.4 is 33.0 Å². The molecule has 3 aliphatic heterocycles. The molecule has 2 aromatic carbocycles. The molecule has 232 valence electrons. The number of rotatable bonds is 7. The third-order valence-electron chi connectivity index (χ3n) is 9.56. The van der Waals surface area contributed by atoms with Gasteiger partial charge in [-0.05, 0) is 6.92 Å². The molecule has 1 aromatic heterocycles. The number of piperazine rings is 1. The van der Waals surface area contributed by atoms with Crippen LogP contribution in [0.15, 0.2) is 42.5 Å². The molecule has 44 heavy (non-hydrogen) atoms. The molecule has 0 spiro atoms. The number of hydrogen-bond acceptors (Lipinski definition) is 7. The minimum absolute atomic E-state index is 0.215. The summed E-state index contributed by atoms with van der Waals surface area (Å²) in [6, 6.07) is 17.5. The molecule has 0 bridgehead atoms. The second-order valence-corrected chi connectivity index (χ2v) is 23.5. The Bertz CT molecular complexity index is 1640. The first-order valence-electron chi connectivity index (χ1n) is 15.7. The van der Waals surface area contributed by atoms with Crippen molar-refractivity contribution in [3.05, 3.63) is 53.7 Å². The van der Waals surface area contributed by atoms with Crippen LogP contribution in [0.25, 0.3) is 10.8 Å². The fraction of sp³-hybridized carbons (Fsp3) is 0.486. The minimum atomic E-state index is -1.80. The maximum atomic E-state index is 12.7. The van der Waals surface area contributed by atoms with Crippen molar-refractivity contribution in [2.24, 2.45) is 0 Å². The van der Waals surface area contributed by atoms with E-state index in [0.29, 0.717) is 42.7 Å². The van der Waals surface area contributed by atoms with Crippen molar-refractivity contribution in [1.29, 1.82) is 5.26 Å². The number of ether oxygens (including phenoxy) is 1. The first kappa shape index (κ1) is 30.5. The number of carbonyl (C=O) groups is 1. The molecule has 2 unspecified atom stereocenters. The zero-order chi connectivity index (χ0) is 30.7. The molecular weight excluding hydrogens is 663 g/mol. The molecule has 0 N–H and O–H groups in total. The zero-order valence-electron chi connectivity index (χ0n) is 26.1. The standard InChI is InChI=1S/C35H42IN6O2/c1-4-10-33(43)42-22-21-41(23-28(42)16-19-37)34-30-17-20-40(32-15-8-12-26-11-6-7-14-29(26)32)24-31(30)38-35(39-34)44-25-27-13-9-18-36(27,3)5-2/h6-8,11-12,14-15,27-28H,5,9,13,16-18,20-25H2,1-3H3/q-1/t27-,28?/m0/s1. The van der Waals surface area contributed by atoms with Gasteiger partial charge in [-0.25, -0.2) is 0 Å². The number of nitrogens with zero attached hydrogens (tertiary/aromatic N) is 6. The van der Waals surface area contributed by atoms with E-state index in [9.17, 15) is 10.1 Å². The van der Waals surface area contributed by atoms with Gasteiger partial charge in [0.2, 0.25) is 0 Å². The summed E-state index contributed by atoms with van der Waals surface area (Å²) in [7, 11) is 0. The van der Waals surface area contributed by atoms with Crippen molar-refractivity contribution in [2.75, 3.05) is 56.4 Å². The van der Waals surface area contributed by atoms with Gasteiger partial charge in [-0.1, -0.05) is 12.0 Å². The van der Waals surface area contributed by atoms with E-state index in [2.05, 4.69) is 82.0 Å². The molecule has 1 amide bonds. The monoisotopic (exact) mass is 705 g/mol. The van der Waals surface area contributed by atoms with E-state index in [0.717, 1.165) is 30.0 Å². The Morgan fingerprint density at radius 3 is 2.77 bits per heavy atom. The summed E-state index contributed by atoms with van der Waals surface area (Å²) < 4.78 is 9.90. The number of aromatic nitrogens is 2. The van der Waals surface area contributed by atoms with Gasteiger partial charge >= 0.3 is 247 Å². The van der Waals surface area contributed by atoms with Gasteiger partial charge in [0, 0.05) is 0 Å². The van der Waals surface area contributed by atoms with E-state index in [4.69, 9.17) is 14.7 Å². The Labute approximate surface area is 265 Å². The number of fused-ring (bicyclic) bond motifs is 2. The molecule has 3 aliphatic rings. The second kappa shape index (κ2) is 13.2. The molecule has 0 aliphatic carbocycles. The number of benzene rings is 2. The van der Waals surface area contributed by atoms with Crippen LogP contribution in [0, 0.1) is 23.2 Å². The van der Waals surface area contributed by atoms with Gasteiger partial charge in [-0.3, -0.25) is 0 Å². The fourth-order valence-electron chi connectivity index (χ4n) is 6.95. The number of halogens is 1. The molecule has 9 heteroatoms. The number of anilines is 2. The average molecular weight is 706 g/mol. The Hall–Kier alpha value is -3.57. The van der Waals surface area contributed by atoms with Crippen LogP contribution in [-0.2, 0) is 17.8 Å². The number of alkyl halides is 4. The van der Waals surface area contributed by atoms with Gasteiger partial charge in [-0.2, -0.15) is 0 Å². The molecule has 6 rings (SSSR count). The topological polar surface area (TPSA) is 85.6 Å². The molecule has 2 fully saturated rings. The van der Waals surface area contributed by atoms with Crippen LogP contribution in [0.1, 0.15) is 44.4 Å². The van der Waals surface area contributed by atoms with Crippen molar-refractivity contribution in [3.8, 4) is 23.9 Å². The third kappa shape index (κ3) is 6.04. The average Bonchev–Trinajstić information content (AvgIpc) is 3.43. The van der Waals surface area contributed by atoms with Crippen LogP contribution in [0.2, 0.25) is 0 Å². The van der Waals surface area contributed by atoms with Gasteiger partial charge in [0.25, 0.3) is 0 Å². The Morgan fingerprint density at radius 2 is 1.95 bits per heavy atom. The molecule has 0 radical (unpaired) electrons. The first-order chi connectivity index (χ1) is 21.4. The fourth-order valence-corrected chi connectivity index (χ4v) is 15.0. The zero-order valence-corrected chi connectivity index (χ0v) is 28.2. The van der Waals surface area contributed by atoms with E-state index < -0.39 is 18.4 Å². The number of amides is 1. The maximum absolute atomic E-state index is 12.7. The van der Waals surface area contributed by atoms with Gasteiger partial charge in [-0.15, -0.1) is 0 Å². The predicted octanol–water partition coefficient (Wildman–Crippen LogP) is 1.50. The van der Waals surface area contributed by atoms with E-state index >= 15 is 0 Å². The van der Waals surface area contributed by atoms with Crippen LogP contribution in [0.4, 0.5) is 11.5 Å². The molecule has 3 atom stereocenters. The van der Waals surface area contributed by atoms with E-state index in [-0.39, 0.29) is 18.4 Å². The molecule has 2 saturated heterocycles. The van der Waals surface area contributed by atoms with Crippen LogP contribution in [0.3, 0.4) is 0 Å². The van der Waals surface area contributed by atoms with Crippen molar-refractivity contribution >= 4 is 28.2 Å². The summed E-state index contributed by atoms with van der Waals surface area (Å²) in [5.41, 5.74) is 3.36. The second-order valence-electron chi connectivity index (χ2n) is 12.0. The Morgan fingerprint density at radius 1 is 1.11 bits per heavy atom. The summed E-state index contributed by atoms with van der Waals surface area (Å²) in [5.74, 6) is 6.06. The van der Waals surface area contributed by atoms with E-state index in [1.165, 1.54) is 38.2 Å². The number of hydrogen-bond donors (Lipinski definition) is 0. The number of carbonyl (C=O) groups excluding carboxylic acids is 1. The molecule has 8 nitrogen and oxygen atoms in total. The first-order valence-corrected chi connectivity index (χ1v) is 22.1. The van der Waals surface area contributed by atoms with Crippen LogP contribution in [0.5, 0.6) is 6.01 Å².